The maximum atomic E-state index is 12.2. The van der Waals surface area contributed by atoms with Gasteiger partial charge in [0.15, 0.2) is 17.3 Å². The first kappa shape index (κ1) is 18.5. The van der Waals surface area contributed by atoms with E-state index in [4.69, 9.17) is 21.1 Å². The maximum absolute atomic E-state index is 12.2. The summed E-state index contributed by atoms with van der Waals surface area (Å²) in [5, 5.41) is 11.1. The molecule has 0 fully saturated rings. The van der Waals surface area contributed by atoms with Crippen LogP contribution in [0.5, 0.6) is 11.5 Å². The molecule has 0 spiro atoms. The van der Waals surface area contributed by atoms with Crippen molar-refractivity contribution in [2.24, 2.45) is 0 Å². The highest BCUT2D eigenvalue weighted by atomic mass is 35.5. The summed E-state index contributed by atoms with van der Waals surface area (Å²) in [4.78, 5) is 22.5. The summed E-state index contributed by atoms with van der Waals surface area (Å²) in [5.41, 5.74) is 0.744. The standard InChI is InChI=1S/C18H16ClNO5/c1-3-25-17-10-12(9-15(19)18(17)24-2)7-8-16(21)13-5-4-6-14(11-13)20(22)23/h4-11H,3H2,1-2H3/b8-7+. The molecule has 25 heavy (non-hydrogen) atoms. The van der Waals surface area contributed by atoms with Gasteiger partial charge >= 0.3 is 0 Å². The molecule has 0 heterocycles. The molecule has 0 aliphatic heterocycles. The van der Waals surface area contributed by atoms with Crippen molar-refractivity contribution in [3.8, 4) is 11.5 Å². The van der Waals surface area contributed by atoms with Gasteiger partial charge in [-0.1, -0.05) is 29.8 Å². The zero-order valence-electron chi connectivity index (χ0n) is 13.7. The van der Waals surface area contributed by atoms with Crippen LogP contribution in [0.1, 0.15) is 22.8 Å². The van der Waals surface area contributed by atoms with Crippen LogP contribution in [0, 0.1) is 10.1 Å². The van der Waals surface area contributed by atoms with Crippen LogP contribution in [-0.2, 0) is 0 Å². The molecule has 7 heteroatoms. The monoisotopic (exact) mass is 361 g/mol. The molecule has 0 aliphatic carbocycles. The Morgan fingerprint density at radius 3 is 2.72 bits per heavy atom. The predicted octanol–water partition coefficient (Wildman–Crippen LogP) is 4.55. The summed E-state index contributed by atoms with van der Waals surface area (Å²) in [6.45, 7) is 2.27. The molecule has 0 aliphatic rings. The van der Waals surface area contributed by atoms with Crippen molar-refractivity contribution < 1.29 is 19.2 Å². The minimum absolute atomic E-state index is 0.134. The summed E-state index contributed by atoms with van der Waals surface area (Å²) < 4.78 is 10.7. The Morgan fingerprint density at radius 1 is 1.32 bits per heavy atom. The van der Waals surface area contributed by atoms with E-state index in [-0.39, 0.29) is 17.0 Å². The molecule has 0 unspecified atom stereocenters. The topological polar surface area (TPSA) is 78.7 Å². The Hall–Kier alpha value is -2.86. The van der Waals surface area contributed by atoms with Crippen molar-refractivity contribution in [2.75, 3.05) is 13.7 Å². The number of nitro benzene ring substituents is 1. The van der Waals surface area contributed by atoms with E-state index < -0.39 is 4.92 Å². The van der Waals surface area contributed by atoms with Crippen LogP contribution >= 0.6 is 11.6 Å². The second kappa shape index (κ2) is 8.30. The Bertz CT molecular complexity index is 832. The number of methoxy groups -OCH3 is 1. The molecule has 0 aromatic heterocycles. The lowest BCUT2D eigenvalue weighted by molar-refractivity contribution is -0.384. The highest BCUT2D eigenvalue weighted by molar-refractivity contribution is 6.32. The number of halogens is 1. The number of ether oxygens (including phenoxy) is 2. The van der Waals surface area contributed by atoms with Crippen molar-refractivity contribution in [1.29, 1.82) is 0 Å². The number of nitrogens with zero attached hydrogens (tertiary/aromatic N) is 1. The Balaban J connectivity index is 2.28. The largest absolute Gasteiger partial charge is 0.491 e. The van der Waals surface area contributed by atoms with Crippen LogP contribution < -0.4 is 9.47 Å². The highest BCUT2D eigenvalue weighted by Gasteiger charge is 2.12. The molecular formula is C18H16ClNO5. The van der Waals surface area contributed by atoms with Crippen LogP contribution in [0.3, 0.4) is 0 Å². The van der Waals surface area contributed by atoms with E-state index in [0.29, 0.717) is 28.7 Å². The van der Waals surface area contributed by atoms with Crippen molar-refractivity contribution >= 4 is 29.1 Å². The smallest absolute Gasteiger partial charge is 0.270 e. The lowest BCUT2D eigenvalue weighted by atomic mass is 10.1. The van der Waals surface area contributed by atoms with Gasteiger partial charge in [0.25, 0.3) is 5.69 Å². The fourth-order valence-corrected chi connectivity index (χ4v) is 2.48. The molecule has 0 amide bonds. The number of benzene rings is 2. The molecule has 0 saturated heterocycles. The second-order valence-electron chi connectivity index (χ2n) is 4.97. The summed E-state index contributed by atoms with van der Waals surface area (Å²) in [6.07, 6.45) is 2.89. The second-order valence-corrected chi connectivity index (χ2v) is 5.38. The number of allylic oxidation sites excluding steroid dienone is 1. The number of hydrogen-bond acceptors (Lipinski definition) is 5. The number of carbonyl (C=O) groups excluding carboxylic acids is 1. The number of hydrogen-bond donors (Lipinski definition) is 0. The molecule has 130 valence electrons. The maximum Gasteiger partial charge on any atom is 0.270 e. The lowest BCUT2D eigenvalue weighted by Crippen LogP contribution is -1.97. The van der Waals surface area contributed by atoms with Crippen LogP contribution in [-0.4, -0.2) is 24.4 Å². The summed E-state index contributed by atoms with van der Waals surface area (Å²) in [6, 6.07) is 8.89. The quantitative estimate of drug-likeness (QED) is 0.313. The van der Waals surface area contributed by atoms with Crippen LogP contribution in [0.25, 0.3) is 6.08 Å². The fourth-order valence-electron chi connectivity index (χ4n) is 2.19. The third kappa shape index (κ3) is 4.58. The molecule has 0 N–H and O–H groups in total. The van der Waals surface area contributed by atoms with Gasteiger partial charge in [-0.3, -0.25) is 14.9 Å². The van der Waals surface area contributed by atoms with Gasteiger partial charge < -0.3 is 9.47 Å². The van der Waals surface area contributed by atoms with Gasteiger partial charge in [-0.2, -0.15) is 0 Å². The summed E-state index contributed by atoms with van der Waals surface area (Å²) in [7, 11) is 1.49. The predicted molar refractivity (Wildman–Crippen MR) is 95.6 cm³/mol. The number of ketones is 1. The third-order valence-electron chi connectivity index (χ3n) is 3.30. The van der Waals surface area contributed by atoms with Gasteiger partial charge in [-0.15, -0.1) is 0 Å². The molecule has 0 atom stereocenters. The molecule has 2 aromatic rings. The SMILES string of the molecule is CCOc1cc(/C=C/C(=O)c2cccc([N+](=O)[O-])c2)cc(Cl)c1OC. The van der Waals surface area contributed by atoms with Crippen LogP contribution in [0.4, 0.5) is 5.69 Å². The van der Waals surface area contributed by atoms with E-state index >= 15 is 0 Å². The van der Waals surface area contributed by atoms with Gasteiger partial charge in [0, 0.05) is 17.7 Å². The molecular weight excluding hydrogens is 346 g/mol. The van der Waals surface area contributed by atoms with E-state index in [1.807, 2.05) is 6.92 Å². The average molecular weight is 362 g/mol. The Kier molecular flexibility index (Phi) is 6.14. The van der Waals surface area contributed by atoms with E-state index in [0.717, 1.165) is 0 Å². The molecule has 0 bridgehead atoms. The van der Waals surface area contributed by atoms with Crippen molar-refractivity contribution in [3.63, 3.8) is 0 Å². The van der Waals surface area contributed by atoms with Gasteiger partial charge in [-0.25, -0.2) is 0 Å². The zero-order chi connectivity index (χ0) is 18.4. The molecule has 2 aromatic carbocycles. The van der Waals surface area contributed by atoms with Crippen molar-refractivity contribution in [2.45, 2.75) is 6.92 Å². The third-order valence-corrected chi connectivity index (χ3v) is 3.59. The van der Waals surface area contributed by atoms with Gasteiger partial charge in [-0.05, 0) is 30.7 Å². The summed E-state index contributed by atoms with van der Waals surface area (Å²) >= 11 is 6.16. The van der Waals surface area contributed by atoms with E-state index in [2.05, 4.69) is 0 Å². The first-order chi connectivity index (χ1) is 12.0. The van der Waals surface area contributed by atoms with Crippen LogP contribution in [0.2, 0.25) is 5.02 Å². The Morgan fingerprint density at radius 2 is 2.08 bits per heavy atom. The first-order valence-corrected chi connectivity index (χ1v) is 7.81. The average Bonchev–Trinajstić information content (AvgIpc) is 2.60. The van der Waals surface area contributed by atoms with Crippen molar-refractivity contribution in [1.82, 2.24) is 0 Å². The Labute approximate surface area is 149 Å². The van der Waals surface area contributed by atoms with Gasteiger partial charge in [0.2, 0.25) is 0 Å². The zero-order valence-corrected chi connectivity index (χ0v) is 14.4. The number of non-ortho nitro benzene ring substituents is 1. The fraction of sp³-hybridized carbons (Fsp3) is 0.167. The number of rotatable bonds is 7. The van der Waals surface area contributed by atoms with Crippen molar-refractivity contribution in [3.05, 3.63) is 68.7 Å². The molecule has 0 radical (unpaired) electrons. The van der Waals surface area contributed by atoms with Gasteiger partial charge in [0.05, 0.1) is 23.7 Å². The van der Waals surface area contributed by atoms with Crippen LogP contribution in [0.15, 0.2) is 42.5 Å². The molecule has 0 saturated carbocycles. The minimum Gasteiger partial charge on any atom is -0.491 e. The number of nitro groups is 1. The molecule has 2 rings (SSSR count). The van der Waals surface area contributed by atoms with Gasteiger partial charge in [0.1, 0.15) is 0 Å². The normalized spacial score (nSPS) is 10.7. The highest BCUT2D eigenvalue weighted by Crippen LogP contribution is 2.36. The first-order valence-electron chi connectivity index (χ1n) is 7.43. The van der Waals surface area contributed by atoms with E-state index in [1.54, 1.807) is 18.2 Å². The minimum atomic E-state index is -0.544. The number of carbonyl (C=O) groups is 1. The van der Waals surface area contributed by atoms with E-state index in [9.17, 15) is 14.9 Å². The summed E-state index contributed by atoms with van der Waals surface area (Å²) in [5.74, 6) is 0.541. The van der Waals surface area contributed by atoms with E-state index in [1.165, 1.54) is 37.5 Å². The molecule has 6 nitrogen and oxygen atoms in total. The lowest BCUT2D eigenvalue weighted by Gasteiger charge is -2.11.